The van der Waals surface area contributed by atoms with Crippen LogP contribution in [0.4, 0.5) is 0 Å². The van der Waals surface area contributed by atoms with Gasteiger partial charge in [-0.3, -0.25) is 4.79 Å². The van der Waals surface area contributed by atoms with Crippen LogP contribution in [0.2, 0.25) is 0 Å². The number of carbonyl (C=O) groups excluding carboxylic acids is 1. The van der Waals surface area contributed by atoms with Gasteiger partial charge in [0, 0.05) is 12.3 Å². The number of rotatable bonds is 2. The van der Waals surface area contributed by atoms with Crippen molar-refractivity contribution in [3.05, 3.63) is 23.4 Å². The highest BCUT2D eigenvalue weighted by Gasteiger charge is 2.14. The lowest BCUT2D eigenvalue weighted by Gasteiger charge is -2.07. The zero-order valence-electron chi connectivity index (χ0n) is 15.4. The molecule has 0 saturated carbocycles. The molecule has 1 heterocycles. The number of Topliss-reactive ketones (excluding diaryl/α,β-unsaturated/α-hetero) is 1. The summed E-state index contributed by atoms with van der Waals surface area (Å²) in [6.07, 6.45) is 0. The number of phenols is 1. The Balaban J connectivity index is 0. The maximum atomic E-state index is 11.2. The van der Waals surface area contributed by atoms with Gasteiger partial charge in [0.25, 0.3) is 0 Å². The number of fused-ring (bicyclic) bond motifs is 1. The van der Waals surface area contributed by atoms with Gasteiger partial charge < -0.3 is 14.8 Å². The molecule has 1 aromatic heterocycles. The van der Waals surface area contributed by atoms with Crippen LogP contribution < -0.4 is 4.74 Å². The molecule has 22 heavy (non-hydrogen) atoms. The van der Waals surface area contributed by atoms with Gasteiger partial charge in [-0.1, -0.05) is 41.5 Å². The second-order valence-corrected chi connectivity index (χ2v) is 3.78. The van der Waals surface area contributed by atoms with E-state index >= 15 is 0 Å². The molecule has 2 N–H and O–H groups in total. The van der Waals surface area contributed by atoms with Gasteiger partial charge in [0.05, 0.1) is 18.3 Å². The van der Waals surface area contributed by atoms with E-state index in [0.29, 0.717) is 17.0 Å². The van der Waals surface area contributed by atoms with Crippen LogP contribution in [0, 0.1) is 6.92 Å². The molecule has 0 aliphatic heterocycles. The average molecular weight is 309 g/mol. The number of aromatic nitrogens is 1. The predicted octanol–water partition coefficient (Wildman–Crippen LogP) is 5.47. The topological polar surface area (TPSA) is 62.3 Å². The van der Waals surface area contributed by atoms with E-state index in [1.807, 2.05) is 47.6 Å². The maximum Gasteiger partial charge on any atom is 0.184 e. The van der Waals surface area contributed by atoms with Crippen molar-refractivity contribution in [1.82, 2.24) is 4.98 Å². The number of benzene rings is 1. The van der Waals surface area contributed by atoms with Gasteiger partial charge in [-0.2, -0.15) is 0 Å². The van der Waals surface area contributed by atoms with Crippen LogP contribution in [0.3, 0.4) is 0 Å². The highest BCUT2D eigenvalue weighted by molar-refractivity contribution is 6.00. The van der Waals surface area contributed by atoms with Crippen LogP contribution in [0.1, 0.15) is 64.5 Å². The molecule has 0 spiro atoms. The van der Waals surface area contributed by atoms with Crippen molar-refractivity contribution < 1.29 is 14.6 Å². The first-order valence-electron chi connectivity index (χ1n) is 7.94. The smallest absolute Gasteiger partial charge is 0.184 e. The number of hydrogen-bond acceptors (Lipinski definition) is 3. The van der Waals surface area contributed by atoms with E-state index < -0.39 is 0 Å². The third-order valence-electron chi connectivity index (χ3n) is 2.62. The number of phenolic OH excluding ortho intramolecular Hbond substituents is 1. The lowest BCUT2D eigenvalue weighted by Crippen LogP contribution is -1.91. The van der Waals surface area contributed by atoms with E-state index in [1.165, 1.54) is 14.0 Å². The Hall–Kier alpha value is -1.97. The largest absolute Gasteiger partial charge is 0.504 e. The van der Waals surface area contributed by atoms with Crippen molar-refractivity contribution in [3.63, 3.8) is 0 Å². The van der Waals surface area contributed by atoms with E-state index in [9.17, 15) is 9.90 Å². The van der Waals surface area contributed by atoms with E-state index in [-0.39, 0.29) is 11.5 Å². The summed E-state index contributed by atoms with van der Waals surface area (Å²) in [5, 5.41) is 10.7. The fourth-order valence-corrected chi connectivity index (χ4v) is 1.76. The number of aryl methyl sites for hydroxylation is 1. The minimum absolute atomic E-state index is 0.0459. The fourth-order valence-electron chi connectivity index (χ4n) is 1.76. The van der Waals surface area contributed by atoms with Crippen LogP contribution in [0.5, 0.6) is 11.5 Å². The van der Waals surface area contributed by atoms with Crippen molar-refractivity contribution >= 4 is 16.7 Å². The summed E-state index contributed by atoms with van der Waals surface area (Å²) in [6.45, 7) is 15.3. The Labute approximate surface area is 134 Å². The molecular formula is C18H31NO3. The molecule has 4 heteroatoms. The van der Waals surface area contributed by atoms with Gasteiger partial charge >= 0.3 is 0 Å². The van der Waals surface area contributed by atoms with Gasteiger partial charge in [0.2, 0.25) is 0 Å². The molecule has 0 atom stereocenters. The van der Waals surface area contributed by atoms with Crippen LogP contribution in [0.15, 0.2) is 12.1 Å². The molecule has 4 nitrogen and oxygen atoms in total. The number of nitrogens with one attached hydrogen (secondary N) is 1. The normalized spacial score (nSPS) is 8.59. The standard InChI is InChI=1S/C12H13NO3.3C2H6/c1-6-4-8-5-9(7(2)14)13-10(8)12(16-3)11(6)15;3*1-2/h4-5,13,15H,1-3H3;3*1-2H3. The fraction of sp³-hybridized carbons (Fsp3) is 0.500. The van der Waals surface area contributed by atoms with E-state index in [4.69, 9.17) is 4.74 Å². The van der Waals surface area contributed by atoms with Gasteiger partial charge in [-0.25, -0.2) is 0 Å². The SMILES string of the molecule is CC.CC.CC.COc1c(O)c(C)cc2cc(C(C)=O)[nH]c12. The number of aromatic amines is 1. The van der Waals surface area contributed by atoms with Crippen LogP contribution >= 0.6 is 0 Å². The number of H-pyrrole nitrogens is 1. The molecule has 1 aromatic carbocycles. The molecule has 0 aliphatic rings. The van der Waals surface area contributed by atoms with Crippen molar-refractivity contribution in [1.29, 1.82) is 0 Å². The van der Waals surface area contributed by atoms with Gasteiger partial charge in [-0.15, -0.1) is 0 Å². The third-order valence-corrected chi connectivity index (χ3v) is 2.62. The molecule has 0 radical (unpaired) electrons. The Morgan fingerprint density at radius 3 is 2.00 bits per heavy atom. The van der Waals surface area contributed by atoms with E-state index in [1.54, 1.807) is 13.0 Å². The number of ether oxygens (including phenoxy) is 1. The average Bonchev–Trinajstić information content (AvgIpc) is 2.98. The first-order chi connectivity index (χ1) is 10.5. The van der Waals surface area contributed by atoms with Crippen LogP contribution in [0.25, 0.3) is 10.9 Å². The van der Waals surface area contributed by atoms with Gasteiger partial charge in [-0.05, 0) is 24.6 Å². The first kappa shape index (κ1) is 22.3. The first-order valence-corrected chi connectivity index (χ1v) is 7.94. The summed E-state index contributed by atoms with van der Waals surface area (Å²) in [6, 6.07) is 3.57. The number of carbonyl (C=O) groups is 1. The summed E-state index contributed by atoms with van der Waals surface area (Å²) >= 11 is 0. The molecule has 0 aliphatic carbocycles. The number of hydrogen-bond donors (Lipinski definition) is 2. The van der Waals surface area contributed by atoms with Crippen molar-refractivity contribution in [3.8, 4) is 11.5 Å². The highest BCUT2D eigenvalue weighted by atomic mass is 16.5. The predicted molar refractivity (Wildman–Crippen MR) is 95.3 cm³/mol. The Morgan fingerprint density at radius 1 is 1.09 bits per heavy atom. The summed E-state index contributed by atoms with van der Waals surface area (Å²) in [5.74, 6) is 0.435. The minimum Gasteiger partial charge on any atom is -0.504 e. The second-order valence-electron chi connectivity index (χ2n) is 3.78. The number of aromatic hydroxyl groups is 1. The molecule has 0 fully saturated rings. The molecule has 2 aromatic rings. The van der Waals surface area contributed by atoms with Crippen LogP contribution in [-0.4, -0.2) is 23.0 Å². The lowest BCUT2D eigenvalue weighted by atomic mass is 10.1. The van der Waals surface area contributed by atoms with Crippen molar-refractivity contribution in [2.24, 2.45) is 0 Å². The molecule has 126 valence electrons. The van der Waals surface area contributed by atoms with Crippen LogP contribution in [-0.2, 0) is 0 Å². The maximum absolute atomic E-state index is 11.2. The molecule has 0 saturated heterocycles. The van der Waals surface area contributed by atoms with Crippen molar-refractivity contribution in [2.45, 2.75) is 55.4 Å². The number of methoxy groups -OCH3 is 1. The Morgan fingerprint density at radius 2 is 1.59 bits per heavy atom. The highest BCUT2D eigenvalue weighted by Crippen LogP contribution is 2.37. The number of ketones is 1. The minimum atomic E-state index is -0.0459. The Kier molecular flexibility index (Phi) is 11.8. The molecule has 0 amide bonds. The summed E-state index contributed by atoms with van der Waals surface area (Å²) < 4.78 is 5.14. The Bertz CT molecular complexity index is 571. The zero-order valence-corrected chi connectivity index (χ0v) is 15.4. The molecule has 0 bridgehead atoms. The zero-order chi connectivity index (χ0) is 17.9. The summed E-state index contributed by atoms with van der Waals surface area (Å²) in [4.78, 5) is 14.2. The van der Waals surface area contributed by atoms with Gasteiger partial charge in [0.15, 0.2) is 17.3 Å². The molecule has 2 rings (SSSR count). The van der Waals surface area contributed by atoms with E-state index in [0.717, 1.165) is 10.9 Å². The van der Waals surface area contributed by atoms with Gasteiger partial charge in [0.1, 0.15) is 0 Å². The second kappa shape index (κ2) is 11.7. The van der Waals surface area contributed by atoms with Crippen molar-refractivity contribution in [2.75, 3.05) is 7.11 Å². The summed E-state index contributed by atoms with van der Waals surface area (Å²) in [5.41, 5.74) is 1.88. The third kappa shape index (κ3) is 5.10. The molecular weight excluding hydrogens is 278 g/mol. The lowest BCUT2D eigenvalue weighted by molar-refractivity contribution is 0.101. The molecule has 0 unspecified atom stereocenters. The monoisotopic (exact) mass is 309 g/mol. The summed E-state index contributed by atoms with van der Waals surface area (Å²) in [7, 11) is 1.49. The quantitative estimate of drug-likeness (QED) is 0.723. The van der Waals surface area contributed by atoms with E-state index in [2.05, 4.69) is 4.98 Å².